The number of hydrogen-bond acceptors (Lipinski definition) is 3. The van der Waals surface area contributed by atoms with Crippen LogP contribution < -0.4 is 5.32 Å². The first-order chi connectivity index (χ1) is 10.4. The highest BCUT2D eigenvalue weighted by atomic mass is 16.5. The molecule has 0 bridgehead atoms. The van der Waals surface area contributed by atoms with Gasteiger partial charge in [-0.2, -0.15) is 0 Å². The molecule has 120 valence electrons. The van der Waals surface area contributed by atoms with E-state index in [0.29, 0.717) is 19.7 Å². The number of carbonyl (C=O) groups excluding carboxylic acids is 2. The first-order valence-electron chi connectivity index (χ1n) is 7.59. The maximum absolute atomic E-state index is 12.4. The zero-order chi connectivity index (χ0) is 16.3. The van der Waals surface area contributed by atoms with E-state index >= 15 is 0 Å². The quantitative estimate of drug-likeness (QED) is 0.920. The Hall–Kier alpha value is -1.88. The average molecular weight is 304 g/mol. The first-order valence-corrected chi connectivity index (χ1v) is 7.59. The van der Waals surface area contributed by atoms with Gasteiger partial charge in [-0.3, -0.25) is 9.59 Å². The molecule has 0 radical (unpaired) electrons. The van der Waals surface area contributed by atoms with Crippen LogP contribution in [-0.2, 0) is 20.9 Å². The molecule has 1 aliphatic rings. The van der Waals surface area contributed by atoms with Crippen molar-refractivity contribution in [3.63, 3.8) is 0 Å². The van der Waals surface area contributed by atoms with Gasteiger partial charge in [0.25, 0.3) is 0 Å². The molecule has 0 aliphatic carbocycles. The predicted octanol–water partition coefficient (Wildman–Crippen LogP) is 1.48. The molecular weight excluding hydrogens is 280 g/mol. The molecule has 1 aromatic carbocycles. The Labute approximate surface area is 131 Å². The van der Waals surface area contributed by atoms with Gasteiger partial charge in [0.2, 0.25) is 11.8 Å². The second-order valence-electron chi connectivity index (χ2n) is 5.90. The normalized spacial score (nSPS) is 18.2. The fourth-order valence-electron chi connectivity index (χ4n) is 2.98. The van der Waals surface area contributed by atoms with E-state index in [2.05, 4.69) is 24.4 Å². The molecule has 1 atom stereocenters. The molecule has 22 heavy (non-hydrogen) atoms. The molecule has 2 amide bonds. The molecule has 1 fully saturated rings. The van der Waals surface area contributed by atoms with Crippen LogP contribution in [0.5, 0.6) is 0 Å². The number of benzene rings is 1. The van der Waals surface area contributed by atoms with Crippen LogP contribution in [0.25, 0.3) is 0 Å². The van der Waals surface area contributed by atoms with Crippen molar-refractivity contribution in [2.75, 3.05) is 19.8 Å². The SMILES string of the molecule is CC(=O)N1CCOCC1C(=O)NCc1c(C)cc(C)cc1C. The molecule has 1 unspecified atom stereocenters. The number of hydrogen-bond donors (Lipinski definition) is 1. The number of carbonyl (C=O) groups is 2. The number of rotatable bonds is 3. The van der Waals surface area contributed by atoms with Crippen molar-refractivity contribution in [3.05, 3.63) is 34.4 Å². The third-order valence-corrected chi connectivity index (χ3v) is 4.12. The first kappa shape index (κ1) is 16.5. The lowest BCUT2D eigenvalue weighted by atomic mass is 10.00. The van der Waals surface area contributed by atoms with Gasteiger partial charge >= 0.3 is 0 Å². The van der Waals surface area contributed by atoms with E-state index < -0.39 is 6.04 Å². The minimum atomic E-state index is -0.530. The van der Waals surface area contributed by atoms with Gasteiger partial charge in [0, 0.05) is 20.0 Å². The number of amides is 2. The molecule has 2 rings (SSSR count). The summed E-state index contributed by atoms with van der Waals surface area (Å²) in [5.41, 5.74) is 4.68. The lowest BCUT2D eigenvalue weighted by Crippen LogP contribution is -2.55. The Bertz CT molecular complexity index is 560. The molecule has 0 spiro atoms. The van der Waals surface area contributed by atoms with Crippen LogP contribution in [0.4, 0.5) is 0 Å². The Balaban J connectivity index is 2.05. The second kappa shape index (κ2) is 6.92. The van der Waals surface area contributed by atoms with Crippen molar-refractivity contribution in [1.29, 1.82) is 0 Å². The van der Waals surface area contributed by atoms with Gasteiger partial charge in [-0.1, -0.05) is 17.7 Å². The fourth-order valence-corrected chi connectivity index (χ4v) is 2.98. The molecule has 1 aromatic rings. The van der Waals surface area contributed by atoms with Crippen LogP contribution >= 0.6 is 0 Å². The second-order valence-corrected chi connectivity index (χ2v) is 5.90. The maximum atomic E-state index is 12.4. The van der Waals surface area contributed by atoms with Gasteiger partial charge in [-0.05, 0) is 37.5 Å². The van der Waals surface area contributed by atoms with E-state index in [4.69, 9.17) is 4.74 Å². The molecular formula is C17H24N2O3. The van der Waals surface area contributed by atoms with E-state index in [1.165, 1.54) is 23.6 Å². The summed E-state index contributed by atoms with van der Waals surface area (Å²) in [6.07, 6.45) is 0. The molecule has 1 aliphatic heterocycles. The monoisotopic (exact) mass is 304 g/mol. The summed E-state index contributed by atoms with van der Waals surface area (Å²) >= 11 is 0. The van der Waals surface area contributed by atoms with Crippen LogP contribution in [0.3, 0.4) is 0 Å². The minimum absolute atomic E-state index is 0.0915. The fraction of sp³-hybridized carbons (Fsp3) is 0.529. The van der Waals surface area contributed by atoms with Gasteiger partial charge in [0.05, 0.1) is 13.2 Å². The van der Waals surface area contributed by atoms with Crippen molar-refractivity contribution in [2.45, 2.75) is 40.3 Å². The summed E-state index contributed by atoms with van der Waals surface area (Å²) < 4.78 is 5.34. The number of ether oxygens (including phenoxy) is 1. The molecule has 1 heterocycles. The highest BCUT2D eigenvalue weighted by molar-refractivity contribution is 5.87. The van der Waals surface area contributed by atoms with Gasteiger partial charge in [0.1, 0.15) is 6.04 Å². The van der Waals surface area contributed by atoms with Crippen LogP contribution in [-0.4, -0.2) is 42.5 Å². The summed E-state index contributed by atoms with van der Waals surface area (Å²) in [5.74, 6) is -0.250. The van der Waals surface area contributed by atoms with Crippen LogP contribution in [0.2, 0.25) is 0 Å². The Kier molecular flexibility index (Phi) is 5.19. The number of nitrogens with zero attached hydrogens (tertiary/aromatic N) is 1. The zero-order valence-electron chi connectivity index (χ0n) is 13.7. The van der Waals surface area contributed by atoms with Gasteiger partial charge < -0.3 is 15.0 Å². The summed E-state index contributed by atoms with van der Waals surface area (Å²) in [4.78, 5) is 25.6. The summed E-state index contributed by atoms with van der Waals surface area (Å²) in [6, 6.07) is 3.69. The smallest absolute Gasteiger partial charge is 0.245 e. The van der Waals surface area contributed by atoms with Crippen molar-refractivity contribution in [2.24, 2.45) is 0 Å². The Morgan fingerprint density at radius 1 is 1.27 bits per heavy atom. The van der Waals surface area contributed by atoms with Crippen LogP contribution in [0.1, 0.15) is 29.2 Å². The van der Waals surface area contributed by atoms with Gasteiger partial charge in [-0.25, -0.2) is 0 Å². The van der Waals surface area contributed by atoms with E-state index in [-0.39, 0.29) is 18.4 Å². The highest BCUT2D eigenvalue weighted by Crippen LogP contribution is 2.16. The van der Waals surface area contributed by atoms with E-state index in [1.54, 1.807) is 4.90 Å². The lowest BCUT2D eigenvalue weighted by Gasteiger charge is -2.33. The van der Waals surface area contributed by atoms with E-state index in [9.17, 15) is 9.59 Å². The number of morpholine rings is 1. The Morgan fingerprint density at radius 2 is 1.91 bits per heavy atom. The molecule has 1 N–H and O–H groups in total. The topological polar surface area (TPSA) is 58.6 Å². The maximum Gasteiger partial charge on any atom is 0.245 e. The van der Waals surface area contributed by atoms with E-state index in [0.717, 1.165) is 5.56 Å². The third-order valence-electron chi connectivity index (χ3n) is 4.12. The van der Waals surface area contributed by atoms with Crippen LogP contribution in [0.15, 0.2) is 12.1 Å². The van der Waals surface area contributed by atoms with Crippen LogP contribution in [0, 0.1) is 20.8 Å². The standard InChI is InChI=1S/C17H24N2O3/c1-11-7-12(2)15(13(3)8-11)9-18-17(21)16-10-22-6-5-19(16)14(4)20/h7-8,16H,5-6,9-10H2,1-4H3,(H,18,21). The third kappa shape index (κ3) is 3.65. The molecule has 1 saturated heterocycles. The summed E-state index contributed by atoms with van der Waals surface area (Å²) in [7, 11) is 0. The zero-order valence-corrected chi connectivity index (χ0v) is 13.7. The van der Waals surface area contributed by atoms with E-state index in [1.807, 2.05) is 13.8 Å². The van der Waals surface area contributed by atoms with Crippen molar-refractivity contribution < 1.29 is 14.3 Å². The number of aryl methyl sites for hydroxylation is 3. The summed E-state index contributed by atoms with van der Waals surface area (Å²) in [6.45, 7) is 9.33. The summed E-state index contributed by atoms with van der Waals surface area (Å²) in [5, 5.41) is 2.94. The highest BCUT2D eigenvalue weighted by Gasteiger charge is 2.30. The molecule has 0 saturated carbocycles. The van der Waals surface area contributed by atoms with Gasteiger partial charge in [-0.15, -0.1) is 0 Å². The Morgan fingerprint density at radius 3 is 2.50 bits per heavy atom. The molecule has 5 nitrogen and oxygen atoms in total. The van der Waals surface area contributed by atoms with Crippen molar-refractivity contribution in [3.8, 4) is 0 Å². The van der Waals surface area contributed by atoms with Gasteiger partial charge in [0.15, 0.2) is 0 Å². The van der Waals surface area contributed by atoms with Crippen molar-refractivity contribution >= 4 is 11.8 Å². The van der Waals surface area contributed by atoms with Crippen molar-refractivity contribution in [1.82, 2.24) is 10.2 Å². The molecule has 0 aromatic heterocycles. The molecule has 5 heteroatoms. The largest absolute Gasteiger partial charge is 0.377 e. The average Bonchev–Trinajstić information content (AvgIpc) is 2.45. The lowest BCUT2D eigenvalue weighted by molar-refractivity contribution is -0.147. The number of nitrogens with one attached hydrogen (secondary N) is 1. The predicted molar refractivity (Wildman–Crippen MR) is 84.5 cm³/mol. The minimum Gasteiger partial charge on any atom is -0.377 e.